The van der Waals surface area contributed by atoms with E-state index < -0.39 is 5.97 Å². The highest BCUT2D eigenvalue weighted by molar-refractivity contribution is 5.91. The van der Waals surface area contributed by atoms with Gasteiger partial charge in [0.2, 0.25) is 5.91 Å². The molecule has 6 nitrogen and oxygen atoms in total. The number of hydrogen-bond acceptors (Lipinski definition) is 4. The molecular weight excluding hydrogens is 272 g/mol. The minimum Gasteiger partial charge on any atom is -0.493 e. The number of carboxylic acids is 1. The van der Waals surface area contributed by atoms with Crippen LogP contribution in [0.4, 0.5) is 5.82 Å². The number of rotatable bonds is 6. The number of anilines is 1. The van der Waals surface area contributed by atoms with Gasteiger partial charge in [-0.2, -0.15) is 0 Å². The van der Waals surface area contributed by atoms with Crippen LogP contribution in [0, 0.1) is 0 Å². The Morgan fingerprint density at radius 3 is 2.57 bits per heavy atom. The molecule has 0 saturated carbocycles. The number of carboxylic acid groups (broad SMARTS) is 1. The first kappa shape index (κ1) is 14.5. The van der Waals surface area contributed by atoms with Gasteiger partial charge in [-0.05, 0) is 24.3 Å². The van der Waals surface area contributed by atoms with Gasteiger partial charge in [-0.15, -0.1) is 0 Å². The van der Waals surface area contributed by atoms with Crippen LogP contribution in [0.3, 0.4) is 0 Å². The lowest BCUT2D eigenvalue weighted by Crippen LogP contribution is -2.16. The number of amides is 1. The van der Waals surface area contributed by atoms with E-state index in [2.05, 4.69) is 10.3 Å². The Kier molecular flexibility index (Phi) is 4.87. The fourth-order valence-electron chi connectivity index (χ4n) is 1.61. The first-order valence-electron chi connectivity index (χ1n) is 6.33. The van der Waals surface area contributed by atoms with Gasteiger partial charge in [-0.25, -0.2) is 9.78 Å². The minimum atomic E-state index is -1.14. The number of para-hydroxylation sites is 1. The Hall–Kier alpha value is -2.89. The third kappa shape index (κ3) is 4.61. The van der Waals surface area contributed by atoms with Gasteiger partial charge in [0.25, 0.3) is 0 Å². The van der Waals surface area contributed by atoms with Crippen LogP contribution in [0.5, 0.6) is 5.75 Å². The number of pyridine rings is 1. The zero-order valence-corrected chi connectivity index (χ0v) is 11.2. The average Bonchev–Trinajstić information content (AvgIpc) is 2.48. The van der Waals surface area contributed by atoms with Crippen LogP contribution in [-0.4, -0.2) is 28.6 Å². The summed E-state index contributed by atoms with van der Waals surface area (Å²) in [6, 6.07) is 13.6. The molecule has 2 aromatic rings. The number of hydrogen-bond donors (Lipinski definition) is 2. The summed E-state index contributed by atoms with van der Waals surface area (Å²) in [6.45, 7) is 0.231. The van der Waals surface area contributed by atoms with Crippen molar-refractivity contribution in [2.45, 2.75) is 6.42 Å². The predicted octanol–water partition coefficient (Wildman–Crippen LogP) is 2.19. The molecule has 2 rings (SSSR count). The van der Waals surface area contributed by atoms with Crippen LogP contribution in [-0.2, 0) is 4.79 Å². The molecule has 0 radical (unpaired) electrons. The summed E-state index contributed by atoms with van der Waals surface area (Å²) in [5.74, 6) is -0.532. The standard InChI is InChI=1S/C15H14N2O4/c18-14(9-10-21-11-5-2-1-3-6-11)17-13-8-4-7-12(16-13)15(19)20/h1-8H,9-10H2,(H,19,20)(H,16,17,18). The predicted molar refractivity (Wildman–Crippen MR) is 76.4 cm³/mol. The second-order valence-electron chi connectivity index (χ2n) is 4.17. The van der Waals surface area contributed by atoms with E-state index in [-0.39, 0.29) is 30.4 Å². The lowest BCUT2D eigenvalue weighted by Gasteiger charge is -2.07. The molecule has 0 unspecified atom stereocenters. The summed E-state index contributed by atoms with van der Waals surface area (Å²) in [5.41, 5.74) is -0.117. The molecular formula is C15H14N2O4. The van der Waals surface area contributed by atoms with Crippen LogP contribution in [0.1, 0.15) is 16.9 Å². The van der Waals surface area contributed by atoms with Crippen molar-refractivity contribution in [2.24, 2.45) is 0 Å². The molecule has 1 aromatic heterocycles. The van der Waals surface area contributed by atoms with Crippen molar-refractivity contribution in [1.82, 2.24) is 4.98 Å². The Balaban J connectivity index is 1.82. The molecule has 0 aliphatic carbocycles. The summed E-state index contributed by atoms with van der Waals surface area (Å²) in [7, 11) is 0. The molecule has 1 amide bonds. The smallest absolute Gasteiger partial charge is 0.354 e. The number of aromatic nitrogens is 1. The van der Waals surface area contributed by atoms with E-state index in [9.17, 15) is 9.59 Å². The quantitative estimate of drug-likeness (QED) is 0.849. The van der Waals surface area contributed by atoms with E-state index in [1.807, 2.05) is 18.2 Å². The van der Waals surface area contributed by atoms with E-state index in [4.69, 9.17) is 9.84 Å². The third-order valence-electron chi connectivity index (χ3n) is 2.58. The summed E-state index contributed by atoms with van der Waals surface area (Å²) in [4.78, 5) is 26.3. The highest BCUT2D eigenvalue weighted by Gasteiger charge is 2.08. The second-order valence-corrected chi connectivity index (χ2v) is 4.17. The zero-order chi connectivity index (χ0) is 15.1. The van der Waals surface area contributed by atoms with Crippen molar-refractivity contribution >= 4 is 17.7 Å². The van der Waals surface area contributed by atoms with Crippen molar-refractivity contribution in [3.8, 4) is 5.75 Å². The number of nitrogens with one attached hydrogen (secondary N) is 1. The molecule has 2 N–H and O–H groups in total. The third-order valence-corrected chi connectivity index (χ3v) is 2.58. The summed E-state index contributed by atoms with van der Waals surface area (Å²) in [6.07, 6.45) is 0.147. The van der Waals surface area contributed by atoms with Crippen molar-refractivity contribution in [2.75, 3.05) is 11.9 Å². The number of carbonyl (C=O) groups excluding carboxylic acids is 1. The fraction of sp³-hybridized carbons (Fsp3) is 0.133. The van der Waals surface area contributed by atoms with Crippen molar-refractivity contribution in [1.29, 1.82) is 0 Å². The van der Waals surface area contributed by atoms with Crippen molar-refractivity contribution < 1.29 is 19.4 Å². The summed E-state index contributed by atoms with van der Waals surface area (Å²) < 4.78 is 5.40. The van der Waals surface area contributed by atoms with Crippen molar-refractivity contribution in [3.63, 3.8) is 0 Å². The van der Waals surface area contributed by atoms with Gasteiger partial charge in [0.05, 0.1) is 13.0 Å². The largest absolute Gasteiger partial charge is 0.493 e. The summed E-state index contributed by atoms with van der Waals surface area (Å²) >= 11 is 0. The highest BCUT2D eigenvalue weighted by atomic mass is 16.5. The molecule has 0 saturated heterocycles. The van der Waals surface area contributed by atoms with Gasteiger partial charge in [-0.1, -0.05) is 24.3 Å². The van der Waals surface area contributed by atoms with Crippen LogP contribution < -0.4 is 10.1 Å². The maximum Gasteiger partial charge on any atom is 0.354 e. The summed E-state index contributed by atoms with van der Waals surface area (Å²) in [5, 5.41) is 11.3. The first-order chi connectivity index (χ1) is 10.1. The molecule has 0 fully saturated rings. The number of benzene rings is 1. The molecule has 108 valence electrons. The SMILES string of the molecule is O=C(CCOc1ccccc1)Nc1cccc(C(=O)O)n1. The van der Waals surface area contributed by atoms with Gasteiger partial charge < -0.3 is 15.2 Å². The Labute approximate surface area is 121 Å². The Morgan fingerprint density at radius 2 is 1.86 bits per heavy atom. The van der Waals surface area contributed by atoms with Crippen LogP contribution in [0.25, 0.3) is 0 Å². The van der Waals surface area contributed by atoms with E-state index in [1.54, 1.807) is 12.1 Å². The monoisotopic (exact) mass is 286 g/mol. The van der Waals surface area contributed by atoms with Crippen LogP contribution in [0.15, 0.2) is 48.5 Å². The Bertz CT molecular complexity index is 629. The first-order valence-corrected chi connectivity index (χ1v) is 6.33. The lowest BCUT2D eigenvalue weighted by atomic mass is 10.3. The topological polar surface area (TPSA) is 88.5 Å². The van der Waals surface area contributed by atoms with E-state index in [0.29, 0.717) is 5.75 Å². The molecule has 0 bridgehead atoms. The molecule has 0 aliphatic heterocycles. The number of nitrogens with zero attached hydrogens (tertiary/aromatic N) is 1. The molecule has 21 heavy (non-hydrogen) atoms. The molecule has 1 aromatic carbocycles. The molecule has 0 spiro atoms. The number of ether oxygens (including phenoxy) is 1. The fourth-order valence-corrected chi connectivity index (χ4v) is 1.61. The van der Waals surface area contributed by atoms with Gasteiger partial charge in [0, 0.05) is 0 Å². The van der Waals surface area contributed by atoms with E-state index >= 15 is 0 Å². The Morgan fingerprint density at radius 1 is 1.10 bits per heavy atom. The van der Waals surface area contributed by atoms with Crippen molar-refractivity contribution in [3.05, 3.63) is 54.2 Å². The number of aromatic carboxylic acids is 1. The normalized spacial score (nSPS) is 9.90. The van der Waals surface area contributed by atoms with E-state index in [1.165, 1.54) is 18.2 Å². The maximum absolute atomic E-state index is 11.7. The number of carbonyl (C=O) groups is 2. The van der Waals surface area contributed by atoms with Gasteiger partial charge in [0.1, 0.15) is 11.6 Å². The molecule has 0 atom stereocenters. The highest BCUT2D eigenvalue weighted by Crippen LogP contribution is 2.09. The second kappa shape index (κ2) is 7.04. The lowest BCUT2D eigenvalue weighted by molar-refractivity contribution is -0.116. The average molecular weight is 286 g/mol. The molecule has 1 heterocycles. The van der Waals surface area contributed by atoms with Gasteiger partial charge >= 0.3 is 5.97 Å². The molecule has 6 heteroatoms. The van der Waals surface area contributed by atoms with Crippen LogP contribution >= 0.6 is 0 Å². The van der Waals surface area contributed by atoms with Gasteiger partial charge in [0.15, 0.2) is 5.69 Å². The van der Waals surface area contributed by atoms with E-state index in [0.717, 1.165) is 0 Å². The minimum absolute atomic E-state index is 0.117. The van der Waals surface area contributed by atoms with Crippen LogP contribution in [0.2, 0.25) is 0 Å². The van der Waals surface area contributed by atoms with Gasteiger partial charge in [-0.3, -0.25) is 4.79 Å². The maximum atomic E-state index is 11.7. The molecule has 0 aliphatic rings. The zero-order valence-electron chi connectivity index (χ0n) is 11.2.